The van der Waals surface area contributed by atoms with Crippen molar-refractivity contribution in [3.8, 4) is 0 Å². The summed E-state index contributed by atoms with van der Waals surface area (Å²) in [5.74, 6) is 0. The van der Waals surface area contributed by atoms with E-state index in [4.69, 9.17) is 4.74 Å². The van der Waals surface area contributed by atoms with Crippen molar-refractivity contribution in [3.63, 3.8) is 0 Å². The number of ether oxygens (including phenoxy) is 1. The van der Waals surface area contributed by atoms with Crippen LogP contribution in [0.4, 0.5) is 4.79 Å². The highest BCUT2D eigenvalue weighted by atomic mass is 16.5. The third-order valence-electron chi connectivity index (χ3n) is 4.16. The molecule has 3 N–H and O–H groups in total. The van der Waals surface area contributed by atoms with Crippen LogP contribution in [0.1, 0.15) is 46.0 Å². The SMILES string of the molecule is CCC(O)(CC)CNC(=O)NCC1(OC)CCC1. The maximum Gasteiger partial charge on any atom is 0.314 e. The van der Waals surface area contributed by atoms with E-state index in [0.717, 1.165) is 19.3 Å². The summed E-state index contributed by atoms with van der Waals surface area (Å²) in [6.07, 6.45) is 4.41. The van der Waals surface area contributed by atoms with Gasteiger partial charge in [0, 0.05) is 20.2 Å². The van der Waals surface area contributed by atoms with E-state index < -0.39 is 5.60 Å². The first kappa shape index (κ1) is 15.2. The minimum atomic E-state index is -0.799. The lowest BCUT2D eigenvalue weighted by atomic mass is 9.80. The fourth-order valence-electron chi connectivity index (χ4n) is 2.07. The van der Waals surface area contributed by atoms with E-state index in [2.05, 4.69) is 10.6 Å². The summed E-state index contributed by atoms with van der Waals surface area (Å²) in [7, 11) is 1.69. The molecule has 0 heterocycles. The zero-order valence-corrected chi connectivity index (χ0v) is 11.7. The topological polar surface area (TPSA) is 70.6 Å². The first-order valence-electron chi connectivity index (χ1n) is 6.78. The van der Waals surface area contributed by atoms with Crippen molar-refractivity contribution in [1.82, 2.24) is 10.6 Å². The fourth-order valence-corrected chi connectivity index (χ4v) is 2.07. The quantitative estimate of drug-likeness (QED) is 0.646. The van der Waals surface area contributed by atoms with Crippen molar-refractivity contribution in [2.45, 2.75) is 57.2 Å². The average Bonchev–Trinajstić information content (AvgIpc) is 2.35. The van der Waals surface area contributed by atoms with Gasteiger partial charge in [0.2, 0.25) is 0 Å². The van der Waals surface area contributed by atoms with Crippen LogP contribution in [0.15, 0.2) is 0 Å². The summed E-state index contributed by atoms with van der Waals surface area (Å²) in [4.78, 5) is 11.6. The Hall–Kier alpha value is -0.810. The number of aliphatic hydroxyl groups is 1. The van der Waals surface area contributed by atoms with Crippen LogP contribution < -0.4 is 10.6 Å². The molecule has 0 saturated heterocycles. The van der Waals surface area contributed by atoms with Crippen LogP contribution in [0, 0.1) is 0 Å². The molecule has 2 amide bonds. The molecule has 0 spiro atoms. The van der Waals surface area contributed by atoms with Gasteiger partial charge in [-0.05, 0) is 32.1 Å². The Morgan fingerprint density at radius 1 is 1.33 bits per heavy atom. The number of methoxy groups -OCH3 is 1. The van der Waals surface area contributed by atoms with E-state index in [1.165, 1.54) is 0 Å². The zero-order valence-electron chi connectivity index (χ0n) is 11.7. The van der Waals surface area contributed by atoms with Gasteiger partial charge in [0.25, 0.3) is 0 Å². The molecule has 0 aromatic heterocycles. The summed E-state index contributed by atoms with van der Waals surface area (Å²) in [6, 6.07) is -0.237. The number of carbonyl (C=O) groups excluding carboxylic acids is 1. The number of amides is 2. The zero-order chi connectivity index (χ0) is 13.6. The average molecular weight is 258 g/mol. The molecule has 5 heteroatoms. The van der Waals surface area contributed by atoms with Crippen molar-refractivity contribution in [2.75, 3.05) is 20.2 Å². The summed E-state index contributed by atoms with van der Waals surface area (Å²) in [6.45, 7) is 4.65. The second-order valence-electron chi connectivity index (χ2n) is 5.21. The van der Waals surface area contributed by atoms with E-state index in [0.29, 0.717) is 19.4 Å². The molecule has 0 radical (unpaired) electrons. The molecule has 0 aliphatic heterocycles. The first-order valence-corrected chi connectivity index (χ1v) is 6.78. The number of hydrogen-bond donors (Lipinski definition) is 3. The molecular formula is C13H26N2O3. The Kier molecular flexibility index (Phi) is 5.41. The molecule has 0 aromatic rings. The second kappa shape index (κ2) is 6.38. The molecule has 0 aromatic carbocycles. The molecule has 0 unspecified atom stereocenters. The van der Waals surface area contributed by atoms with E-state index in [-0.39, 0.29) is 18.2 Å². The van der Waals surface area contributed by atoms with Crippen LogP contribution in [0.3, 0.4) is 0 Å². The highest BCUT2D eigenvalue weighted by Crippen LogP contribution is 2.34. The molecular weight excluding hydrogens is 232 g/mol. The van der Waals surface area contributed by atoms with E-state index in [1.54, 1.807) is 7.11 Å². The van der Waals surface area contributed by atoms with Crippen molar-refractivity contribution in [2.24, 2.45) is 0 Å². The van der Waals surface area contributed by atoms with Crippen LogP contribution in [-0.4, -0.2) is 42.5 Å². The predicted molar refractivity (Wildman–Crippen MR) is 70.5 cm³/mol. The number of hydrogen-bond acceptors (Lipinski definition) is 3. The van der Waals surface area contributed by atoms with Gasteiger partial charge in [-0.3, -0.25) is 0 Å². The van der Waals surface area contributed by atoms with Gasteiger partial charge in [-0.1, -0.05) is 13.8 Å². The summed E-state index contributed by atoms with van der Waals surface area (Å²) >= 11 is 0. The van der Waals surface area contributed by atoms with Gasteiger partial charge >= 0.3 is 6.03 Å². The van der Waals surface area contributed by atoms with Gasteiger partial charge in [0.05, 0.1) is 11.2 Å². The van der Waals surface area contributed by atoms with Crippen LogP contribution in [-0.2, 0) is 4.74 Å². The van der Waals surface area contributed by atoms with Gasteiger partial charge in [-0.2, -0.15) is 0 Å². The Morgan fingerprint density at radius 2 is 1.94 bits per heavy atom. The van der Waals surface area contributed by atoms with Crippen LogP contribution in [0.25, 0.3) is 0 Å². The summed E-state index contributed by atoms with van der Waals surface area (Å²) < 4.78 is 5.42. The van der Waals surface area contributed by atoms with Gasteiger partial charge in [0.15, 0.2) is 0 Å². The van der Waals surface area contributed by atoms with E-state index in [1.807, 2.05) is 13.8 Å². The standard InChI is InChI=1S/C13H26N2O3/c1-4-12(17,5-2)9-14-11(16)15-10-13(18-3)7-6-8-13/h17H,4-10H2,1-3H3,(H2,14,15,16). The second-order valence-corrected chi connectivity index (χ2v) is 5.21. The highest BCUT2D eigenvalue weighted by Gasteiger charge is 2.37. The molecule has 1 fully saturated rings. The molecule has 18 heavy (non-hydrogen) atoms. The minimum Gasteiger partial charge on any atom is -0.388 e. The third kappa shape index (κ3) is 3.85. The lowest BCUT2D eigenvalue weighted by Gasteiger charge is -2.40. The fraction of sp³-hybridized carbons (Fsp3) is 0.923. The lowest BCUT2D eigenvalue weighted by molar-refractivity contribution is -0.0674. The first-order chi connectivity index (χ1) is 8.49. The summed E-state index contributed by atoms with van der Waals surface area (Å²) in [5.41, 5.74) is -0.962. The number of carbonyl (C=O) groups is 1. The Bertz CT molecular complexity index is 249. The number of urea groups is 1. The number of nitrogens with one attached hydrogen (secondary N) is 2. The molecule has 1 aliphatic carbocycles. The Labute approximate surface area is 109 Å². The van der Waals surface area contributed by atoms with Crippen molar-refractivity contribution >= 4 is 6.03 Å². The van der Waals surface area contributed by atoms with Gasteiger partial charge in [-0.15, -0.1) is 0 Å². The minimum absolute atomic E-state index is 0.164. The normalized spacial score (nSPS) is 18.0. The molecule has 0 atom stereocenters. The van der Waals surface area contributed by atoms with Crippen LogP contribution >= 0.6 is 0 Å². The Balaban J connectivity index is 2.25. The maximum atomic E-state index is 11.6. The molecule has 5 nitrogen and oxygen atoms in total. The van der Waals surface area contributed by atoms with Crippen molar-refractivity contribution in [1.29, 1.82) is 0 Å². The molecule has 0 bridgehead atoms. The third-order valence-corrected chi connectivity index (χ3v) is 4.16. The molecule has 1 rings (SSSR count). The van der Waals surface area contributed by atoms with Gasteiger partial charge < -0.3 is 20.5 Å². The summed E-state index contributed by atoms with van der Waals surface area (Å²) in [5, 5.41) is 15.6. The Morgan fingerprint density at radius 3 is 2.33 bits per heavy atom. The largest absolute Gasteiger partial charge is 0.388 e. The lowest BCUT2D eigenvalue weighted by Crippen LogP contribution is -2.53. The van der Waals surface area contributed by atoms with Crippen molar-refractivity contribution in [3.05, 3.63) is 0 Å². The van der Waals surface area contributed by atoms with Crippen molar-refractivity contribution < 1.29 is 14.6 Å². The highest BCUT2D eigenvalue weighted by molar-refractivity contribution is 5.74. The molecule has 106 valence electrons. The number of rotatable bonds is 7. The van der Waals surface area contributed by atoms with E-state index in [9.17, 15) is 9.90 Å². The monoisotopic (exact) mass is 258 g/mol. The van der Waals surface area contributed by atoms with Crippen LogP contribution in [0.2, 0.25) is 0 Å². The molecule has 1 saturated carbocycles. The van der Waals surface area contributed by atoms with Gasteiger partial charge in [-0.25, -0.2) is 4.79 Å². The smallest absolute Gasteiger partial charge is 0.314 e. The van der Waals surface area contributed by atoms with Crippen LogP contribution in [0.5, 0.6) is 0 Å². The van der Waals surface area contributed by atoms with E-state index >= 15 is 0 Å². The maximum absolute atomic E-state index is 11.6. The predicted octanol–water partition coefficient (Wildman–Crippen LogP) is 1.41. The van der Waals surface area contributed by atoms with Gasteiger partial charge in [0.1, 0.15) is 0 Å². The molecule has 1 aliphatic rings.